The second-order valence-electron chi connectivity index (χ2n) is 6.65. The van der Waals surface area contributed by atoms with Crippen molar-refractivity contribution in [3.05, 3.63) is 47.7 Å². The highest BCUT2D eigenvalue weighted by Crippen LogP contribution is 2.17. The highest BCUT2D eigenvalue weighted by Gasteiger charge is 2.24. The molecule has 1 aliphatic heterocycles. The van der Waals surface area contributed by atoms with E-state index in [0.29, 0.717) is 25.5 Å². The SMILES string of the molecule is COc1ccc(CCNC(=O)N2CCC(Oc3ccc(C)nn3)CC2)cc1. The van der Waals surface area contributed by atoms with E-state index in [1.54, 1.807) is 7.11 Å². The van der Waals surface area contributed by atoms with Crippen molar-refractivity contribution in [2.45, 2.75) is 32.3 Å². The summed E-state index contributed by atoms with van der Waals surface area (Å²) >= 11 is 0. The quantitative estimate of drug-likeness (QED) is 0.846. The number of piperidine rings is 1. The summed E-state index contributed by atoms with van der Waals surface area (Å²) in [5, 5.41) is 11.0. The lowest BCUT2D eigenvalue weighted by molar-refractivity contribution is 0.106. The molecule has 2 heterocycles. The van der Waals surface area contributed by atoms with Crippen LogP contribution < -0.4 is 14.8 Å². The van der Waals surface area contributed by atoms with Gasteiger partial charge in [-0.2, -0.15) is 5.10 Å². The highest BCUT2D eigenvalue weighted by molar-refractivity contribution is 5.74. The maximum atomic E-state index is 12.3. The van der Waals surface area contributed by atoms with Gasteiger partial charge in [0.05, 0.1) is 12.8 Å². The van der Waals surface area contributed by atoms with E-state index in [-0.39, 0.29) is 12.1 Å². The van der Waals surface area contributed by atoms with Crippen LogP contribution in [0.1, 0.15) is 24.1 Å². The molecular weight excluding hydrogens is 344 g/mol. The number of likely N-dealkylation sites (tertiary alicyclic amines) is 1. The number of hydrogen-bond acceptors (Lipinski definition) is 5. The number of nitrogens with zero attached hydrogens (tertiary/aromatic N) is 3. The smallest absolute Gasteiger partial charge is 0.317 e. The fourth-order valence-electron chi connectivity index (χ4n) is 3.01. The van der Waals surface area contributed by atoms with Gasteiger partial charge in [0.2, 0.25) is 5.88 Å². The largest absolute Gasteiger partial charge is 0.497 e. The zero-order valence-corrected chi connectivity index (χ0v) is 15.9. The molecule has 1 aromatic carbocycles. The lowest BCUT2D eigenvalue weighted by Gasteiger charge is -2.31. The fraction of sp³-hybridized carbons (Fsp3) is 0.450. The van der Waals surface area contributed by atoms with Crippen molar-refractivity contribution in [2.75, 3.05) is 26.7 Å². The Balaban J connectivity index is 1.37. The molecule has 3 rings (SSSR count). The number of methoxy groups -OCH3 is 1. The number of rotatable bonds is 6. The molecule has 0 atom stereocenters. The summed E-state index contributed by atoms with van der Waals surface area (Å²) in [5.41, 5.74) is 2.03. The number of carbonyl (C=O) groups is 1. The molecule has 7 heteroatoms. The number of amides is 2. The summed E-state index contributed by atoms with van der Waals surface area (Å²) in [6.45, 7) is 3.86. The monoisotopic (exact) mass is 370 g/mol. The van der Waals surface area contributed by atoms with Crippen LogP contribution in [0.4, 0.5) is 4.79 Å². The van der Waals surface area contributed by atoms with E-state index in [4.69, 9.17) is 9.47 Å². The van der Waals surface area contributed by atoms with Crippen LogP contribution in [-0.4, -0.2) is 54.0 Å². The van der Waals surface area contributed by atoms with Crippen LogP contribution in [0.5, 0.6) is 11.6 Å². The van der Waals surface area contributed by atoms with E-state index in [1.807, 2.05) is 48.2 Å². The lowest BCUT2D eigenvalue weighted by atomic mass is 10.1. The van der Waals surface area contributed by atoms with Crippen molar-refractivity contribution in [3.8, 4) is 11.6 Å². The number of nitrogens with one attached hydrogen (secondary N) is 1. The number of aryl methyl sites for hydroxylation is 1. The third-order valence-corrected chi connectivity index (χ3v) is 4.64. The molecule has 0 saturated carbocycles. The Bertz CT molecular complexity index is 726. The van der Waals surface area contributed by atoms with Crippen molar-refractivity contribution in [2.24, 2.45) is 0 Å². The van der Waals surface area contributed by atoms with Crippen LogP contribution in [0.25, 0.3) is 0 Å². The van der Waals surface area contributed by atoms with Crippen molar-refractivity contribution in [1.82, 2.24) is 20.4 Å². The summed E-state index contributed by atoms with van der Waals surface area (Å²) in [6.07, 6.45) is 2.45. The Labute approximate surface area is 159 Å². The Kier molecular flexibility index (Phi) is 6.46. The van der Waals surface area contributed by atoms with E-state index in [1.165, 1.54) is 5.56 Å². The number of ether oxygens (including phenoxy) is 2. The maximum absolute atomic E-state index is 12.3. The molecule has 1 aliphatic rings. The molecule has 2 aromatic rings. The van der Waals surface area contributed by atoms with Gasteiger partial charge in [0.25, 0.3) is 0 Å². The van der Waals surface area contributed by atoms with Gasteiger partial charge >= 0.3 is 6.03 Å². The van der Waals surface area contributed by atoms with Gasteiger partial charge in [0.1, 0.15) is 11.9 Å². The van der Waals surface area contributed by atoms with Crippen molar-refractivity contribution in [3.63, 3.8) is 0 Å². The van der Waals surface area contributed by atoms with Crippen molar-refractivity contribution in [1.29, 1.82) is 0 Å². The summed E-state index contributed by atoms with van der Waals surface area (Å²) < 4.78 is 11.0. The minimum Gasteiger partial charge on any atom is -0.497 e. The van der Waals surface area contributed by atoms with Crippen molar-refractivity contribution >= 4 is 6.03 Å². The molecule has 27 heavy (non-hydrogen) atoms. The third-order valence-electron chi connectivity index (χ3n) is 4.64. The first-order valence-electron chi connectivity index (χ1n) is 9.27. The Hall–Kier alpha value is -2.83. The van der Waals surface area contributed by atoms with E-state index < -0.39 is 0 Å². The normalized spacial score (nSPS) is 14.7. The number of carbonyl (C=O) groups excluding carboxylic acids is 1. The zero-order valence-electron chi connectivity index (χ0n) is 15.9. The van der Waals surface area contributed by atoms with Gasteiger partial charge in [0.15, 0.2) is 0 Å². The summed E-state index contributed by atoms with van der Waals surface area (Å²) in [5.74, 6) is 1.38. The Morgan fingerprint density at radius 2 is 1.89 bits per heavy atom. The first-order chi connectivity index (χ1) is 13.1. The van der Waals surface area contributed by atoms with Gasteiger partial charge in [-0.1, -0.05) is 12.1 Å². The van der Waals surface area contributed by atoms with Gasteiger partial charge in [-0.3, -0.25) is 0 Å². The van der Waals surface area contributed by atoms with Crippen LogP contribution in [0.2, 0.25) is 0 Å². The predicted octanol–water partition coefficient (Wildman–Crippen LogP) is 2.59. The molecular formula is C20H26N4O3. The topological polar surface area (TPSA) is 76.6 Å². The van der Waals surface area contributed by atoms with Gasteiger partial charge in [-0.25, -0.2) is 4.79 Å². The van der Waals surface area contributed by atoms with Crippen LogP contribution in [-0.2, 0) is 6.42 Å². The van der Waals surface area contributed by atoms with Gasteiger partial charge in [0, 0.05) is 38.5 Å². The molecule has 0 spiro atoms. The molecule has 0 radical (unpaired) electrons. The first-order valence-corrected chi connectivity index (χ1v) is 9.27. The highest BCUT2D eigenvalue weighted by atomic mass is 16.5. The maximum Gasteiger partial charge on any atom is 0.317 e. The summed E-state index contributed by atoms with van der Waals surface area (Å²) in [7, 11) is 1.65. The average molecular weight is 370 g/mol. The molecule has 1 saturated heterocycles. The predicted molar refractivity (Wildman–Crippen MR) is 102 cm³/mol. The number of urea groups is 1. The molecule has 1 aromatic heterocycles. The molecule has 1 N–H and O–H groups in total. The van der Waals surface area contributed by atoms with E-state index in [0.717, 1.165) is 30.7 Å². The lowest BCUT2D eigenvalue weighted by Crippen LogP contribution is -2.46. The van der Waals surface area contributed by atoms with Crippen LogP contribution in [0.3, 0.4) is 0 Å². The molecule has 0 aliphatic carbocycles. The molecule has 144 valence electrons. The second kappa shape index (κ2) is 9.21. The zero-order chi connectivity index (χ0) is 19.1. The minimum absolute atomic E-state index is 0.0166. The molecule has 0 unspecified atom stereocenters. The average Bonchev–Trinajstić information content (AvgIpc) is 2.71. The van der Waals surface area contributed by atoms with E-state index in [2.05, 4.69) is 15.5 Å². The van der Waals surface area contributed by atoms with Crippen molar-refractivity contribution < 1.29 is 14.3 Å². The van der Waals surface area contributed by atoms with Gasteiger partial charge in [-0.15, -0.1) is 5.10 Å². The van der Waals surface area contributed by atoms with Gasteiger partial charge in [-0.05, 0) is 37.1 Å². The minimum atomic E-state index is -0.0166. The van der Waals surface area contributed by atoms with E-state index in [9.17, 15) is 4.79 Å². The number of aromatic nitrogens is 2. The summed E-state index contributed by atoms with van der Waals surface area (Å²) in [4.78, 5) is 14.2. The number of hydrogen-bond donors (Lipinski definition) is 1. The second-order valence-corrected chi connectivity index (χ2v) is 6.65. The van der Waals surface area contributed by atoms with Crippen LogP contribution >= 0.6 is 0 Å². The van der Waals surface area contributed by atoms with Crippen LogP contribution in [0, 0.1) is 6.92 Å². The van der Waals surface area contributed by atoms with Gasteiger partial charge < -0.3 is 19.7 Å². The molecule has 0 bridgehead atoms. The fourth-order valence-corrected chi connectivity index (χ4v) is 3.01. The third kappa shape index (κ3) is 5.57. The molecule has 7 nitrogen and oxygen atoms in total. The van der Waals surface area contributed by atoms with E-state index >= 15 is 0 Å². The number of benzene rings is 1. The Morgan fingerprint density at radius 1 is 1.15 bits per heavy atom. The standard InChI is InChI=1S/C20H26N4O3/c1-15-3-8-19(23-22-15)27-18-10-13-24(14-11-18)20(25)21-12-9-16-4-6-17(26-2)7-5-16/h3-8,18H,9-14H2,1-2H3,(H,21,25). The first kappa shape index (κ1) is 18.9. The Morgan fingerprint density at radius 3 is 2.52 bits per heavy atom. The molecule has 1 fully saturated rings. The molecule has 2 amide bonds. The van der Waals surface area contributed by atoms with Crippen LogP contribution in [0.15, 0.2) is 36.4 Å². The summed E-state index contributed by atoms with van der Waals surface area (Å²) in [6, 6.07) is 11.6.